The van der Waals surface area contributed by atoms with Crippen LogP contribution in [0.3, 0.4) is 0 Å². The molecule has 2 atom stereocenters. The number of piperidine rings is 1. The lowest BCUT2D eigenvalue weighted by atomic mass is 9.97. The van der Waals surface area contributed by atoms with Gasteiger partial charge < -0.3 is 5.32 Å². The zero-order chi connectivity index (χ0) is 12.5. The molecule has 0 spiro atoms. The lowest BCUT2D eigenvalue weighted by Crippen LogP contribution is -2.48. The second-order valence-electron chi connectivity index (χ2n) is 5.30. The molecule has 2 aliphatic heterocycles. The molecule has 17 heavy (non-hydrogen) atoms. The first-order valence-corrected chi connectivity index (χ1v) is 6.49. The fraction of sp³-hybridized carbons (Fsp3) is 1.00. The fourth-order valence-corrected chi connectivity index (χ4v) is 3.34. The molecule has 0 aromatic heterocycles. The fourth-order valence-electron chi connectivity index (χ4n) is 3.34. The maximum atomic E-state index is 12.1. The van der Waals surface area contributed by atoms with Crippen molar-refractivity contribution in [3.63, 3.8) is 0 Å². The summed E-state index contributed by atoms with van der Waals surface area (Å²) in [6, 6.07) is 1.59. The third-order valence-electron chi connectivity index (χ3n) is 4.17. The van der Waals surface area contributed by atoms with Crippen LogP contribution >= 0.6 is 0 Å². The molecule has 0 saturated carbocycles. The Labute approximate surface area is 101 Å². The van der Waals surface area contributed by atoms with Crippen LogP contribution in [0.15, 0.2) is 0 Å². The molecule has 0 amide bonds. The monoisotopic (exact) mass is 250 g/mol. The first-order valence-electron chi connectivity index (χ1n) is 6.49. The summed E-state index contributed by atoms with van der Waals surface area (Å²) in [5.41, 5.74) is 0. The van der Waals surface area contributed by atoms with Crippen molar-refractivity contribution in [1.82, 2.24) is 10.2 Å². The molecule has 5 heteroatoms. The Bertz CT molecular complexity index is 241. The van der Waals surface area contributed by atoms with Crippen LogP contribution in [-0.2, 0) is 0 Å². The molecule has 2 unspecified atom stereocenters. The van der Waals surface area contributed by atoms with Crippen LogP contribution in [0.1, 0.15) is 38.5 Å². The maximum Gasteiger partial charge on any atom is 0.389 e. The first-order chi connectivity index (χ1) is 7.99. The second kappa shape index (κ2) is 5.14. The molecule has 2 nitrogen and oxygen atoms in total. The molecule has 1 N–H and O–H groups in total. The average molecular weight is 250 g/mol. The minimum atomic E-state index is -4.00. The molecular weight excluding hydrogens is 229 g/mol. The minimum Gasteiger partial charge on any atom is -0.317 e. The van der Waals surface area contributed by atoms with Gasteiger partial charge in [0.05, 0.1) is 0 Å². The Balaban J connectivity index is 1.79. The van der Waals surface area contributed by atoms with Gasteiger partial charge in [-0.05, 0) is 45.7 Å². The summed E-state index contributed by atoms with van der Waals surface area (Å²) < 4.78 is 36.3. The van der Waals surface area contributed by atoms with Gasteiger partial charge in [-0.1, -0.05) is 0 Å². The van der Waals surface area contributed by atoms with Crippen LogP contribution in [0.25, 0.3) is 0 Å². The van der Waals surface area contributed by atoms with Crippen molar-refractivity contribution in [2.45, 2.75) is 62.8 Å². The van der Waals surface area contributed by atoms with E-state index in [0.717, 1.165) is 25.7 Å². The van der Waals surface area contributed by atoms with Gasteiger partial charge in [0.25, 0.3) is 0 Å². The molecule has 2 aliphatic rings. The molecule has 0 aromatic rings. The van der Waals surface area contributed by atoms with Crippen LogP contribution in [0.2, 0.25) is 0 Å². The van der Waals surface area contributed by atoms with Gasteiger partial charge in [-0.3, -0.25) is 4.90 Å². The van der Waals surface area contributed by atoms with Gasteiger partial charge in [0.1, 0.15) is 0 Å². The smallest absolute Gasteiger partial charge is 0.317 e. The average Bonchev–Trinajstić information content (AvgIpc) is 2.49. The summed E-state index contributed by atoms with van der Waals surface area (Å²) in [5, 5.41) is 3.30. The van der Waals surface area contributed by atoms with Crippen molar-refractivity contribution in [3.8, 4) is 0 Å². The van der Waals surface area contributed by atoms with Crippen LogP contribution in [0, 0.1) is 0 Å². The van der Waals surface area contributed by atoms with E-state index in [0.29, 0.717) is 24.7 Å². The molecule has 2 rings (SSSR count). The Morgan fingerprint density at radius 1 is 1.18 bits per heavy atom. The van der Waals surface area contributed by atoms with Gasteiger partial charge in [-0.25, -0.2) is 0 Å². The first kappa shape index (κ1) is 13.1. The highest BCUT2D eigenvalue weighted by atomic mass is 19.4. The number of hydrogen-bond donors (Lipinski definition) is 1. The van der Waals surface area contributed by atoms with Gasteiger partial charge >= 0.3 is 6.18 Å². The topological polar surface area (TPSA) is 15.3 Å². The minimum absolute atomic E-state index is 0.251. The van der Waals surface area contributed by atoms with Gasteiger partial charge in [-0.15, -0.1) is 0 Å². The number of nitrogens with one attached hydrogen (secondary N) is 1. The molecule has 0 radical (unpaired) electrons. The zero-order valence-electron chi connectivity index (χ0n) is 10.3. The van der Waals surface area contributed by atoms with Crippen LogP contribution in [0.5, 0.6) is 0 Å². The molecule has 2 saturated heterocycles. The van der Waals surface area contributed by atoms with E-state index in [1.165, 1.54) is 0 Å². The van der Waals surface area contributed by atoms with Gasteiger partial charge in [0, 0.05) is 24.5 Å². The third-order valence-corrected chi connectivity index (χ3v) is 4.17. The Hall–Kier alpha value is -0.290. The standard InChI is InChI=1S/C12H21F3N2/c1-16-9-7-10-3-4-11(8-9)17(10)6-2-5-12(13,14)15/h9-11,16H,2-8H2,1H3. The number of halogens is 3. The van der Waals surface area contributed by atoms with Crippen LogP contribution in [-0.4, -0.2) is 42.8 Å². The summed E-state index contributed by atoms with van der Waals surface area (Å²) >= 11 is 0. The predicted molar refractivity (Wildman–Crippen MR) is 60.9 cm³/mol. The van der Waals surface area contributed by atoms with Gasteiger partial charge in [-0.2, -0.15) is 13.2 Å². The van der Waals surface area contributed by atoms with Crippen molar-refractivity contribution >= 4 is 0 Å². The number of alkyl halides is 3. The van der Waals surface area contributed by atoms with E-state index >= 15 is 0 Å². The summed E-state index contributed by atoms with van der Waals surface area (Å²) in [6.45, 7) is 0.616. The van der Waals surface area contributed by atoms with Crippen molar-refractivity contribution in [2.75, 3.05) is 13.6 Å². The van der Waals surface area contributed by atoms with Crippen molar-refractivity contribution in [1.29, 1.82) is 0 Å². The van der Waals surface area contributed by atoms with Crippen LogP contribution < -0.4 is 5.32 Å². The summed E-state index contributed by atoms with van der Waals surface area (Å²) in [6.07, 6.45) is 0.128. The third kappa shape index (κ3) is 3.35. The quantitative estimate of drug-likeness (QED) is 0.825. The van der Waals surface area contributed by atoms with Crippen molar-refractivity contribution in [3.05, 3.63) is 0 Å². The Morgan fingerprint density at radius 2 is 1.76 bits per heavy atom. The molecule has 2 fully saturated rings. The van der Waals surface area contributed by atoms with E-state index in [4.69, 9.17) is 0 Å². The lowest BCUT2D eigenvalue weighted by Gasteiger charge is -2.39. The Kier molecular flexibility index (Phi) is 3.98. The van der Waals surface area contributed by atoms with E-state index in [9.17, 15) is 13.2 Å². The van der Waals surface area contributed by atoms with E-state index in [-0.39, 0.29) is 6.42 Å². The molecule has 2 bridgehead atoms. The number of rotatable bonds is 4. The Morgan fingerprint density at radius 3 is 2.24 bits per heavy atom. The number of nitrogens with zero attached hydrogens (tertiary/aromatic N) is 1. The van der Waals surface area contributed by atoms with Gasteiger partial charge in [0.2, 0.25) is 0 Å². The maximum absolute atomic E-state index is 12.1. The van der Waals surface area contributed by atoms with Crippen molar-refractivity contribution < 1.29 is 13.2 Å². The highest BCUT2D eigenvalue weighted by Crippen LogP contribution is 2.36. The normalized spacial score (nSPS) is 34.2. The predicted octanol–water partition coefficient (Wildman–Crippen LogP) is 2.54. The summed E-state index contributed by atoms with van der Waals surface area (Å²) in [7, 11) is 1.98. The summed E-state index contributed by atoms with van der Waals surface area (Å²) in [5.74, 6) is 0. The molecule has 100 valence electrons. The molecule has 0 aliphatic carbocycles. The lowest BCUT2D eigenvalue weighted by molar-refractivity contribution is -0.136. The number of fused-ring (bicyclic) bond motifs is 2. The molecule has 2 heterocycles. The highest BCUT2D eigenvalue weighted by Gasteiger charge is 2.40. The largest absolute Gasteiger partial charge is 0.389 e. The van der Waals surface area contributed by atoms with Gasteiger partial charge in [0.15, 0.2) is 0 Å². The van der Waals surface area contributed by atoms with Crippen molar-refractivity contribution in [2.24, 2.45) is 0 Å². The van der Waals surface area contributed by atoms with E-state index in [1.54, 1.807) is 0 Å². The SMILES string of the molecule is CNC1CC2CCC(C1)N2CCCC(F)(F)F. The number of hydrogen-bond acceptors (Lipinski definition) is 2. The van der Waals surface area contributed by atoms with E-state index < -0.39 is 12.6 Å². The zero-order valence-corrected chi connectivity index (χ0v) is 10.3. The highest BCUT2D eigenvalue weighted by molar-refractivity contribution is 4.97. The molecular formula is C12H21F3N2. The second-order valence-corrected chi connectivity index (χ2v) is 5.30. The molecule has 0 aromatic carbocycles. The van der Waals surface area contributed by atoms with E-state index in [2.05, 4.69) is 10.2 Å². The van der Waals surface area contributed by atoms with Crippen LogP contribution in [0.4, 0.5) is 13.2 Å². The summed E-state index contributed by atoms with van der Waals surface area (Å²) in [4.78, 5) is 2.32. The van der Waals surface area contributed by atoms with E-state index in [1.807, 2.05) is 7.05 Å².